The molecule has 1 atom stereocenters. The molecule has 1 amide bonds. The molecule has 0 radical (unpaired) electrons. The molecule has 1 unspecified atom stereocenters. The highest BCUT2D eigenvalue weighted by atomic mass is 35.5. The van der Waals surface area contributed by atoms with Gasteiger partial charge >= 0.3 is 0 Å². The molecule has 8 heteroatoms. The minimum absolute atomic E-state index is 0.0939. The maximum Gasteiger partial charge on any atom is 0.262 e. The van der Waals surface area contributed by atoms with Crippen LogP contribution in [0.3, 0.4) is 0 Å². The van der Waals surface area contributed by atoms with Gasteiger partial charge in [-0.2, -0.15) is 0 Å². The Bertz CT molecular complexity index is 908. The van der Waals surface area contributed by atoms with E-state index < -0.39 is 10.0 Å². The van der Waals surface area contributed by atoms with Gasteiger partial charge in [-0.15, -0.1) is 0 Å². The number of benzene rings is 2. The molecule has 0 spiro atoms. The van der Waals surface area contributed by atoms with Crippen molar-refractivity contribution in [2.24, 2.45) is 5.92 Å². The Hall–Kier alpha value is -2.09. The molecular formula is C18H20ClN3O3S. The average Bonchev–Trinajstić information content (AvgIpc) is 3.13. The van der Waals surface area contributed by atoms with Crippen LogP contribution in [0, 0.1) is 12.8 Å². The standard InChI is InChI=1S/C18H20ClN3O3S/c1-12-2-5-16(21-18(23)13-8-9-20-11-13)10-17(12)26(24,25)22-15-6-3-14(19)4-7-15/h2-7,10,13,20,22H,8-9,11H2,1H3,(H,21,23). The molecule has 2 aromatic carbocycles. The number of carbonyl (C=O) groups excluding carboxylic acids is 1. The van der Waals surface area contributed by atoms with Crippen LogP contribution < -0.4 is 15.4 Å². The molecule has 6 nitrogen and oxygen atoms in total. The predicted octanol–water partition coefficient (Wildman–Crippen LogP) is 3.00. The highest BCUT2D eigenvalue weighted by Crippen LogP contribution is 2.24. The fourth-order valence-corrected chi connectivity index (χ4v) is 4.27. The Balaban J connectivity index is 1.81. The van der Waals surface area contributed by atoms with E-state index in [1.165, 1.54) is 6.07 Å². The lowest BCUT2D eigenvalue weighted by atomic mass is 10.1. The van der Waals surface area contributed by atoms with Crippen LogP contribution in [0.4, 0.5) is 11.4 Å². The van der Waals surface area contributed by atoms with E-state index in [1.54, 1.807) is 43.3 Å². The zero-order valence-electron chi connectivity index (χ0n) is 14.3. The molecule has 0 saturated carbocycles. The van der Waals surface area contributed by atoms with Crippen LogP contribution in [0.5, 0.6) is 0 Å². The van der Waals surface area contributed by atoms with E-state index in [-0.39, 0.29) is 16.7 Å². The van der Waals surface area contributed by atoms with E-state index in [1.807, 2.05) is 0 Å². The molecule has 0 bridgehead atoms. The van der Waals surface area contributed by atoms with Crippen molar-refractivity contribution in [1.29, 1.82) is 0 Å². The minimum Gasteiger partial charge on any atom is -0.326 e. The van der Waals surface area contributed by atoms with Crippen LogP contribution in [0.2, 0.25) is 5.02 Å². The maximum absolute atomic E-state index is 12.7. The quantitative estimate of drug-likeness (QED) is 0.728. The second kappa shape index (κ2) is 7.65. The molecule has 2 aromatic rings. The van der Waals surface area contributed by atoms with E-state index in [0.717, 1.165) is 13.0 Å². The normalized spacial score (nSPS) is 17.1. The maximum atomic E-state index is 12.7. The number of carbonyl (C=O) groups is 1. The lowest BCUT2D eigenvalue weighted by molar-refractivity contribution is -0.119. The first kappa shape index (κ1) is 18.7. The van der Waals surface area contributed by atoms with E-state index in [9.17, 15) is 13.2 Å². The Morgan fingerprint density at radius 1 is 1.15 bits per heavy atom. The van der Waals surface area contributed by atoms with Crippen molar-refractivity contribution in [2.45, 2.75) is 18.2 Å². The van der Waals surface area contributed by atoms with Gasteiger partial charge in [0, 0.05) is 22.9 Å². The van der Waals surface area contributed by atoms with Crippen LogP contribution >= 0.6 is 11.6 Å². The van der Waals surface area contributed by atoms with Gasteiger partial charge in [-0.05, 0) is 61.9 Å². The Labute approximate surface area is 158 Å². The van der Waals surface area contributed by atoms with Gasteiger partial charge in [-0.25, -0.2) is 8.42 Å². The number of anilines is 2. The molecule has 1 saturated heterocycles. The third-order valence-corrected chi connectivity index (χ3v) is 6.05. The fourth-order valence-electron chi connectivity index (χ4n) is 2.82. The number of rotatable bonds is 5. The third-order valence-electron chi connectivity index (χ3n) is 4.27. The molecular weight excluding hydrogens is 374 g/mol. The molecule has 138 valence electrons. The number of sulfonamides is 1. The molecule has 1 fully saturated rings. The van der Waals surface area contributed by atoms with Crippen LogP contribution in [0.15, 0.2) is 47.4 Å². The van der Waals surface area contributed by atoms with Gasteiger partial charge in [0.1, 0.15) is 0 Å². The summed E-state index contributed by atoms with van der Waals surface area (Å²) in [4.78, 5) is 12.4. The monoisotopic (exact) mass is 393 g/mol. The number of aryl methyl sites for hydroxylation is 1. The van der Waals surface area contributed by atoms with Crippen LogP contribution in [0.25, 0.3) is 0 Å². The Morgan fingerprint density at radius 3 is 2.50 bits per heavy atom. The summed E-state index contributed by atoms with van der Waals surface area (Å²) in [5.41, 5.74) is 1.47. The van der Waals surface area contributed by atoms with Gasteiger partial charge in [0.05, 0.1) is 10.8 Å². The van der Waals surface area contributed by atoms with Crippen molar-refractivity contribution in [3.63, 3.8) is 0 Å². The van der Waals surface area contributed by atoms with Gasteiger partial charge in [0.15, 0.2) is 0 Å². The van der Waals surface area contributed by atoms with Crippen LogP contribution in [-0.2, 0) is 14.8 Å². The molecule has 26 heavy (non-hydrogen) atoms. The zero-order valence-corrected chi connectivity index (χ0v) is 15.8. The lowest BCUT2D eigenvalue weighted by Crippen LogP contribution is -2.24. The summed E-state index contributed by atoms with van der Waals surface area (Å²) in [6.45, 7) is 3.17. The predicted molar refractivity (Wildman–Crippen MR) is 103 cm³/mol. The van der Waals surface area contributed by atoms with Crippen molar-refractivity contribution in [2.75, 3.05) is 23.1 Å². The van der Waals surface area contributed by atoms with Gasteiger partial charge in [-0.1, -0.05) is 17.7 Å². The first-order valence-corrected chi connectivity index (χ1v) is 10.1. The minimum atomic E-state index is -3.79. The van der Waals surface area contributed by atoms with Crippen molar-refractivity contribution in [1.82, 2.24) is 5.32 Å². The van der Waals surface area contributed by atoms with Crippen LogP contribution in [-0.4, -0.2) is 27.4 Å². The average molecular weight is 394 g/mol. The van der Waals surface area contributed by atoms with Gasteiger partial charge < -0.3 is 10.6 Å². The second-order valence-corrected chi connectivity index (χ2v) is 8.36. The highest BCUT2D eigenvalue weighted by Gasteiger charge is 2.23. The smallest absolute Gasteiger partial charge is 0.262 e. The third kappa shape index (κ3) is 4.35. The number of nitrogens with one attached hydrogen (secondary N) is 3. The van der Waals surface area contributed by atoms with E-state index in [2.05, 4.69) is 15.4 Å². The van der Waals surface area contributed by atoms with Gasteiger partial charge in [0.2, 0.25) is 5.91 Å². The van der Waals surface area contributed by atoms with Gasteiger partial charge in [-0.3, -0.25) is 9.52 Å². The van der Waals surface area contributed by atoms with Crippen molar-refractivity contribution in [3.8, 4) is 0 Å². The highest BCUT2D eigenvalue weighted by molar-refractivity contribution is 7.92. The molecule has 3 rings (SSSR count). The molecule has 0 aliphatic carbocycles. The summed E-state index contributed by atoms with van der Waals surface area (Å²) in [5.74, 6) is -0.198. The summed E-state index contributed by atoms with van der Waals surface area (Å²) in [5, 5.41) is 6.47. The summed E-state index contributed by atoms with van der Waals surface area (Å²) in [6, 6.07) is 11.3. The summed E-state index contributed by atoms with van der Waals surface area (Å²) in [7, 11) is -3.79. The Kier molecular flexibility index (Phi) is 5.50. The lowest BCUT2D eigenvalue weighted by Gasteiger charge is -2.14. The molecule has 1 aliphatic heterocycles. The van der Waals surface area contributed by atoms with Crippen molar-refractivity contribution < 1.29 is 13.2 Å². The number of amides is 1. The van der Waals surface area contributed by atoms with E-state index >= 15 is 0 Å². The molecule has 3 N–H and O–H groups in total. The fraction of sp³-hybridized carbons (Fsp3) is 0.278. The number of hydrogen-bond donors (Lipinski definition) is 3. The molecule has 1 heterocycles. The van der Waals surface area contributed by atoms with Crippen LogP contribution in [0.1, 0.15) is 12.0 Å². The second-order valence-electron chi connectivity index (χ2n) is 6.27. The molecule has 0 aromatic heterocycles. The summed E-state index contributed by atoms with van der Waals surface area (Å²) in [6.07, 6.45) is 0.779. The largest absolute Gasteiger partial charge is 0.326 e. The molecule has 1 aliphatic rings. The first-order chi connectivity index (χ1) is 12.3. The topological polar surface area (TPSA) is 87.3 Å². The summed E-state index contributed by atoms with van der Waals surface area (Å²) >= 11 is 5.83. The SMILES string of the molecule is Cc1ccc(NC(=O)C2CCNC2)cc1S(=O)(=O)Nc1ccc(Cl)cc1. The first-order valence-electron chi connectivity index (χ1n) is 8.26. The van der Waals surface area contributed by atoms with Crippen molar-refractivity contribution >= 4 is 38.9 Å². The zero-order chi connectivity index (χ0) is 18.7. The van der Waals surface area contributed by atoms with Crippen molar-refractivity contribution in [3.05, 3.63) is 53.1 Å². The van der Waals surface area contributed by atoms with E-state index in [4.69, 9.17) is 11.6 Å². The van der Waals surface area contributed by atoms with Gasteiger partial charge in [0.25, 0.3) is 10.0 Å². The summed E-state index contributed by atoms with van der Waals surface area (Å²) < 4.78 is 28.0. The number of halogens is 1. The number of hydrogen-bond acceptors (Lipinski definition) is 4. The van der Waals surface area contributed by atoms with E-state index in [0.29, 0.717) is 28.5 Å². The Morgan fingerprint density at radius 2 is 1.85 bits per heavy atom.